The number of thiazole rings is 1. The third-order valence-corrected chi connectivity index (χ3v) is 3.67. The lowest BCUT2D eigenvalue weighted by Gasteiger charge is -2.10. The van der Waals surface area contributed by atoms with Gasteiger partial charge in [0, 0.05) is 24.2 Å². The number of guanidine groups is 1. The zero-order valence-electron chi connectivity index (χ0n) is 10.4. The summed E-state index contributed by atoms with van der Waals surface area (Å²) in [6, 6.07) is 0.606. The van der Waals surface area contributed by atoms with E-state index in [-0.39, 0.29) is 24.0 Å². The predicted molar refractivity (Wildman–Crippen MR) is 83.2 cm³/mol. The smallest absolute Gasteiger partial charge is 0.191 e. The van der Waals surface area contributed by atoms with Gasteiger partial charge in [-0.05, 0) is 19.3 Å². The Morgan fingerprint density at radius 1 is 1.65 bits per heavy atom. The lowest BCUT2D eigenvalue weighted by molar-refractivity contribution is 0.766. The first kappa shape index (κ1) is 14.7. The van der Waals surface area contributed by atoms with Gasteiger partial charge in [-0.3, -0.25) is 4.99 Å². The third-order valence-electron chi connectivity index (χ3n) is 2.75. The fourth-order valence-electron chi connectivity index (χ4n) is 1.55. The topological polar surface area (TPSA) is 49.3 Å². The Morgan fingerprint density at radius 2 is 2.35 bits per heavy atom. The Labute approximate surface area is 123 Å². The van der Waals surface area contributed by atoms with Gasteiger partial charge in [0.25, 0.3) is 0 Å². The van der Waals surface area contributed by atoms with Crippen LogP contribution in [0.15, 0.2) is 11.2 Å². The summed E-state index contributed by atoms with van der Waals surface area (Å²) in [4.78, 5) is 9.67. The van der Waals surface area contributed by atoms with Crippen LogP contribution in [0.4, 0.5) is 0 Å². The van der Waals surface area contributed by atoms with Crippen molar-refractivity contribution in [3.05, 3.63) is 16.1 Å². The molecule has 1 aromatic rings. The molecule has 2 atom stereocenters. The van der Waals surface area contributed by atoms with Crippen molar-refractivity contribution in [3.8, 4) is 0 Å². The molecule has 1 aliphatic carbocycles. The van der Waals surface area contributed by atoms with Crippen LogP contribution in [0.3, 0.4) is 0 Å². The summed E-state index contributed by atoms with van der Waals surface area (Å²) in [6.07, 6.45) is 3.17. The van der Waals surface area contributed by atoms with Gasteiger partial charge in [0.1, 0.15) is 0 Å². The first-order valence-electron chi connectivity index (χ1n) is 5.57. The molecule has 1 aliphatic rings. The monoisotopic (exact) mass is 366 g/mol. The number of halogens is 1. The van der Waals surface area contributed by atoms with Crippen LogP contribution in [0.2, 0.25) is 0 Å². The molecule has 0 bridgehead atoms. The van der Waals surface area contributed by atoms with Gasteiger partial charge in [-0.2, -0.15) is 0 Å². The van der Waals surface area contributed by atoms with Crippen LogP contribution in [0.1, 0.15) is 23.2 Å². The normalized spacial score (nSPS) is 22.9. The molecule has 4 nitrogen and oxygen atoms in total. The average molecular weight is 366 g/mol. The first-order chi connectivity index (χ1) is 7.69. The number of aliphatic imine (C=N–C) groups is 1. The average Bonchev–Trinajstić information content (AvgIpc) is 2.78. The Hall–Kier alpha value is -0.370. The van der Waals surface area contributed by atoms with E-state index in [1.165, 1.54) is 11.3 Å². The molecule has 1 fully saturated rings. The summed E-state index contributed by atoms with van der Waals surface area (Å²) in [7, 11) is 1.81. The predicted octanol–water partition coefficient (Wildman–Crippen LogP) is 2.14. The summed E-state index contributed by atoms with van der Waals surface area (Å²) in [5.74, 6) is 1.67. The van der Waals surface area contributed by atoms with Crippen LogP contribution >= 0.6 is 35.3 Å². The second-order valence-electron chi connectivity index (χ2n) is 4.24. The van der Waals surface area contributed by atoms with E-state index in [0.29, 0.717) is 6.04 Å². The molecular weight excluding hydrogens is 347 g/mol. The van der Waals surface area contributed by atoms with Crippen LogP contribution in [0.5, 0.6) is 0 Å². The maximum absolute atomic E-state index is 4.22. The number of nitrogens with one attached hydrogen (secondary N) is 2. The van der Waals surface area contributed by atoms with Gasteiger partial charge in [0.05, 0.1) is 11.6 Å². The van der Waals surface area contributed by atoms with Gasteiger partial charge in [0.2, 0.25) is 0 Å². The summed E-state index contributed by atoms with van der Waals surface area (Å²) < 4.78 is 0. The fourth-order valence-corrected chi connectivity index (χ4v) is 2.29. The Morgan fingerprint density at radius 3 is 2.82 bits per heavy atom. The Bertz CT molecular complexity index is 391. The van der Waals surface area contributed by atoms with Crippen LogP contribution in [-0.2, 0) is 6.54 Å². The molecule has 0 spiro atoms. The van der Waals surface area contributed by atoms with Crippen molar-refractivity contribution in [1.29, 1.82) is 0 Å². The van der Waals surface area contributed by atoms with Crippen molar-refractivity contribution in [2.24, 2.45) is 10.9 Å². The van der Waals surface area contributed by atoms with Crippen LogP contribution in [-0.4, -0.2) is 24.0 Å². The summed E-state index contributed by atoms with van der Waals surface area (Å²) >= 11 is 1.72. The van der Waals surface area contributed by atoms with Crippen LogP contribution < -0.4 is 10.6 Å². The Balaban J connectivity index is 0.00000144. The number of hydrogen-bond donors (Lipinski definition) is 2. The van der Waals surface area contributed by atoms with Gasteiger partial charge >= 0.3 is 0 Å². The molecule has 2 unspecified atom stereocenters. The molecule has 17 heavy (non-hydrogen) atoms. The highest BCUT2D eigenvalue weighted by molar-refractivity contribution is 14.0. The molecule has 0 amide bonds. The van der Waals surface area contributed by atoms with Crippen molar-refractivity contribution in [3.63, 3.8) is 0 Å². The number of rotatable bonds is 3. The molecule has 96 valence electrons. The van der Waals surface area contributed by atoms with Gasteiger partial charge in [-0.15, -0.1) is 35.3 Å². The molecule has 0 aromatic carbocycles. The third kappa shape index (κ3) is 4.42. The van der Waals surface area contributed by atoms with Gasteiger partial charge < -0.3 is 10.6 Å². The standard InChI is InChI=1S/C11H18N4S.HI/c1-7-4-10(7)15-11(12-3)14-6-9-5-13-8(2)16-9;/h5,7,10H,4,6H2,1-3H3,(H2,12,14,15);1H. The molecular formula is C11H19IN4S. The number of nitrogens with zero attached hydrogens (tertiary/aromatic N) is 2. The van der Waals surface area contributed by atoms with Crippen molar-refractivity contribution >= 4 is 41.3 Å². The van der Waals surface area contributed by atoms with Crippen molar-refractivity contribution in [1.82, 2.24) is 15.6 Å². The highest BCUT2D eigenvalue weighted by atomic mass is 127. The van der Waals surface area contributed by atoms with E-state index in [4.69, 9.17) is 0 Å². The SMILES string of the molecule is CN=C(NCc1cnc(C)s1)NC1CC1C.I. The lowest BCUT2D eigenvalue weighted by Crippen LogP contribution is -2.38. The molecule has 2 N–H and O–H groups in total. The summed E-state index contributed by atoms with van der Waals surface area (Å²) in [6.45, 7) is 5.07. The fraction of sp³-hybridized carbons (Fsp3) is 0.636. The second kappa shape index (κ2) is 6.53. The van der Waals surface area contributed by atoms with E-state index in [9.17, 15) is 0 Å². The highest BCUT2D eigenvalue weighted by Gasteiger charge is 2.33. The van der Waals surface area contributed by atoms with Crippen LogP contribution in [0.25, 0.3) is 0 Å². The maximum atomic E-state index is 4.22. The molecule has 2 rings (SSSR count). The minimum absolute atomic E-state index is 0. The maximum Gasteiger partial charge on any atom is 0.191 e. The van der Waals surface area contributed by atoms with Crippen molar-refractivity contribution < 1.29 is 0 Å². The van der Waals surface area contributed by atoms with E-state index in [1.54, 1.807) is 18.4 Å². The summed E-state index contributed by atoms with van der Waals surface area (Å²) in [5.41, 5.74) is 0. The van der Waals surface area contributed by atoms with E-state index in [1.807, 2.05) is 13.1 Å². The van der Waals surface area contributed by atoms with Crippen LogP contribution in [0, 0.1) is 12.8 Å². The number of hydrogen-bond acceptors (Lipinski definition) is 3. The van der Waals surface area contributed by atoms with Crippen molar-refractivity contribution in [2.45, 2.75) is 32.9 Å². The van der Waals surface area contributed by atoms with E-state index in [0.717, 1.165) is 23.4 Å². The lowest BCUT2D eigenvalue weighted by atomic mass is 10.5. The highest BCUT2D eigenvalue weighted by Crippen LogP contribution is 2.28. The minimum atomic E-state index is 0. The zero-order chi connectivity index (χ0) is 11.5. The molecule has 1 heterocycles. The molecule has 1 saturated carbocycles. The largest absolute Gasteiger partial charge is 0.353 e. The van der Waals surface area contributed by atoms with E-state index in [2.05, 4.69) is 27.5 Å². The van der Waals surface area contributed by atoms with Crippen molar-refractivity contribution in [2.75, 3.05) is 7.05 Å². The minimum Gasteiger partial charge on any atom is -0.353 e. The second-order valence-corrected chi connectivity index (χ2v) is 5.55. The molecule has 0 aliphatic heterocycles. The molecule has 6 heteroatoms. The van der Waals surface area contributed by atoms with Gasteiger partial charge in [-0.25, -0.2) is 4.98 Å². The van der Waals surface area contributed by atoms with Gasteiger partial charge in [0.15, 0.2) is 5.96 Å². The summed E-state index contributed by atoms with van der Waals surface area (Å²) in [5, 5.41) is 7.80. The Kier molecular flexibility index (Phi) is 5.64. The molecule has 0 radical (unpaired) electrons. The molecule has 1 aromatic heterocycles. The quantitative estimate of drug-likeness (QED) is 0.490. The number of aromatic nitrogens is 1. The van der Waals surface area contributed by atoms with E-state index >= 15 is 0 Å². The zero-order valence-corrected chi connectivity index (χ0v) is 13.5. The number of aryl methyl sites for hydroxylation is 1. The van der Waals surface area contributed by atoms with Gasteiger partial charge in [-0.1, -0.05) is 6.92 Å². The van der Waals surface area contributed by atoms with E-state index < -0.39 is 0 Å². The molecule has 0 saturated heterocycles. The first-order valence-corrected chi connectivity index (χ1v) is 6.39.